The highest BCUT2D eigenvalue weighted by Gasteiger charge is 2.13. The lowest BCUT2D eigenvalue weighted by Gasteiger charge is -2.11. The van der Waals surface area contributed by atoms with Gasteiger partial charge in [0, 0.05) is 6.61 Å². The third kappa shape index (κ3) is 10.3. The van der Waals surface area contributed by atoms with Gasteiger partial charge in [-0.25, -0.2) is 4.79 Å². The van der Waals surface area contributed by atoms with Crippen LogP contribution in [-0.2, 0) is 14.3 Å². The fourth-order valence-electron chi connectivity index (χ4n) is 1.65. The maximum atomic E-state index is 11.2. The van der Waals surface area contributed by atoms with Gasteiger partial charge in [0.05, 0.1) is 6.61 Å². The molecule has 3 nitrogen and oxygen atoms in total. The van der Waals surface area contributed by atoms with E-state index >= 15 is 0 Å². The fraction of sp³-hybridized carbons (Fsp3) is 0.929. The van der Waals surface area contributed by atoms with Gasteiger partial charge in [-0.2, -0.15) is 0 Å². The maximum absolute atomic E-state index is 11.2. The highest BCUT2D eigenvalue weighted by molar-refractivity contribution is 5.74. The summed E-state index contributed by atoms with van der Waals surface area (Å²) in [6.45, 7) is 6.86. The van der Waals surface area contributed by atoms with Crippen molar-refractivity contribution in [3.63, 3.8) is 0 Å². The molecule has 0 saturated carbocycles. The van der Waals surface area contributed by atoms with Gasteiger partial charge in [-0.15, -0.1) is 0 Å². The van der Waals surface area contributed by atoms with Crippen LogP contribution in [0.25, 0.3) is 0 Å². The molecule has 0 spiro atoms. The second kappa shape index (κ2) is 11.9. The first-order chi connectivity index (χ1) is 8.22. The average Bonchev–Trinajstić information content (AvgIpc) is 2.32. The summed E-state index contributed by atoms with van der Waals surface area (Å²) in [7, 11) is 0. The molecule has 0 rings (SSSR count). The van der Waals surface area contributed by atoms with E-state index in [0.29, 0.717) is 13.2 Å². The molecule has 0 aromatic carbocycles. The Morgan fingerprint density at radius 2 is 1.59 bits per heavy atom. The van der Waals surface area contributed by atoms with E-state index in [-0.39, 0.29) is 5.97 Å². The van der Waals surface area contributed by atoms with Gasteiger partial charge in [0.25, 0.3) is 0 Å². The quantitative estimate of drug-likeness (QED) is 0.410. The van der Waals surface area contributed by atoms with Crippen molar-refractivity contribution in [1.82, 2.24) is 0 Å². The van der Waals surface area contributed by atoms with Crippen molar-refractivity contribution in [2.75, 3.05) is 13.2 Å². The molecule has 1 unspecified atom stereocenters. The van der Waals surface area contributed by atoms with Crippen molar-refractivity contribution in [1.29, 1.82) is 0 Å². The van der Waals surface area contributed by atoms with E-state index < -0.39 is 6.10 Å². The van der Waals surface area contributed by atoms with Crippen molar-refractivity contribution in [3.05, 3.63) is 0 Å². The Morgan fingerprint density at radius 1 is 1.00 bits per heavy atom. The number of esters is 1. The molecule has 0 amide bonds. The van der Waals surface area contributed by atoms with Gasteiger partial charge < -0.3 is 9.47 Å². The zero-order valence-corrected chi connectivity index (χ0v) is 11.7. The molecule has 0 radical (unpaired) electrons. The van der Waals surface area contributed by atoms with E-state index in [1.54, 1.807) is 13.8 Å². The van der Waals surface area contributed by atoms with Gasteiger partial charge in [-0.05, 0) is 20.3 Å². The monoisotopic (exact) mass is 244 g/mol. The van der Waals surface area contributed by atoms with Gasteiger partial charge in [0.2, 0.25) is 0 Å². The molecule has 0 N–H and O–H groups in total. The summed E-state index contributed by atoms with van der Waals surface area (Å²) < 4.78 is 10.3. The summed E-state index contributed by atoms with van der Waals surface area (Å²) in [6.07, 6.45) is 8.38. The molecule has 3 heteroatoms. The molecule has 0 aromatic rings. The fourth-order valence-corrected chi connectivity index (χ4v) is 1.65. The highest BCUT2D eigenvalue weighted by Crippen LogP contribution is 2.07. The smallest absolute Gasteiger partial charge is 0.334 e. The Balaban J connectivity index is 3.24. The van der Waals surface area contributed by atoms with Crippen LogP contribution < -0.4 is 0 Å². The third-order valence-corrected chi connectivity index (χ3v) is 2.73. The van der Waals surface area contributed by atoms with E-state index in [9.17, 15) is 4.79 Å². The van der Waals surface area contributed by atoms with E-state index in [1.165, 1.54) is 38.5 Å². The molecule has 0 aromatic heterocycles. The van der Waals surface area contributed by atoms with Crippen LogP contribution in [0.2, 0.25) is 0 Å². The van der Waals surface area contributed by atoms with E-state index in [2.05, 4.69) is 6.92 Å². The lowest BCUT2D eigenvalue weighted by atomic mass is 10.1. The lowest BCUT2D eigenvalue weighted by molar-refractivity contribution is -0.155. The number of carbonyl (C=O) groups is 1. The number of hydrogen-bond acceptors (Lipinski definition) is 3. The summed E-state index contributed by atoms with van der Waals surface area (Å²) >= 11 is 0. The molecule has 0 saturated heterocycles. The Labute approximate surface area is 106 Å². The Bertz CT molecular complexity index is 180. The Hall–Kier alpha value is -0.570. The largest absolute Gasteiger partial charge is 0.464 e. The topological polar surface area (TPSA) is 35.5 Å². The molecule has 0 aliphatic carbocycles. The van der Waals surface area contributed by atoms with Crippen LogP contribution in [0.1, 0.15) is 65.7 Å². The predicted octanol–water partition coefficient (Wildman–Crippen LogP) is 3.71. The molecule has 0 aliphatic heterocycles. The summed E-state index contributed by atoms with van der Waals surface area (Å²) in [5, 5.41) is 0. The summed E-state index contributed by atoms with van der Waals surface area (Å²) in [6, 6.07) is 0. The van der Waals surface area contributed by atoms with Crippen LogP contribution in [-0.4, -0.2) is 25.3 Å². The van der Waals surface area contributed by atoms with Crippen molar-refractivity contribution in [3.8, 4) is 0 Å². The minimum Gasteiger partial charge on any atom is -0.464 e. The van der Waals surface area contributed by atoms with Crippen molar-refractivity contribution >= 4 is 5.97 Å². The van der Waals surface area contributed by atoms with E-state index in [1.807, 2.05) is 0 Å². The standard InChI is InChI=1S/C14H28O3/c1-4-6-7-8-9-10-11-12-17-13(3)14(15)16-5-2/h13H,4-12H2,1-3H3. The normalized spacial score (nSPS) is 12.4. The van der Waals surface area contributed by atoms with Crippen molar-refractivity contribution in [2.45, 2.75) is 71.8 Å². The zero-order valence-electron chi connectivity index (χ0n) is 11.7. The first-order valence-corrected chi connectivity index (χ1v) is 7.00. The van der Waals surface area contributed by atoms with Crippen LogP contribution in [0.4, 0.5) is 0 Å². The molecular weight excluding hydrogens is 216 g/mol. The van der Waals surface area contributed by atoms with Crippen LogP contribution >= 0.6 is 0 Å². The van der Waals surface area contributed by atoms with Gasteiger partial charge in [-0.1, -0.05) is 45.4 Å². The Kier molecular flexibility index (Phi) is 11.5. The number of ether oxygens (including phenoxy) is 2. The molecular formula is C14H28O3. The third-order valence-electron chi connectivity index (χ3n) is 2.73. The van der Waals surface area contributed by atoms with E-state index in [4.69, 9.17) is 9.47 Å². The highest BCUT2D eigenvalue weighted by atomic mass is 16.6. The zero-order chi connectivity index (χ0) is 12.9. The van der Waals surface area contributed by atoms with Gasteiger partial charge in [-0.3, -0.25) is 0 Å². The summed E-state index contributed by atoms with van der Waals surface area (Å²) in [4.78, 5) is 11.2. The van der Waals surface area contributed by atoms with Gasteiger partial charge >= 0.3 is 5.97 Å². The second-order valence-electron chi connectivity index (χ2n) is 4.39. The lowest BCUT2D eigenvalue weighted by Crippen LogP contribution is -2.23. The number of hydrogen-bond donors (Lipinski definition) is 0. The van der Waals surface area contributed by atoms with Crippen LogP contribution in [0.3, 0.4) is 0 Å². The first kappa shape index (κ1) is 16.4. The van der Waals surface area contributed by atoms with Gasteiger partial charge in [0.1, 0.15) is 0 Å². The number of carbonyl (C=O) groups excluding carboxylic acids is 1. The first-order valence-electron chi connectivity index (χ1n) is 7.00. The van der Waals surface area contributed by atoms with Crippen molar-refractivity contribution < 1.29 is 14.3 Å². The van der Waals surface area contributed by atoms with Crippen LogP contribution in [0.5, 0.6) is 0 Å². The molecule has 0 heterocycles. The number of rotatable bonds is 11. The molecule has 0 fully saturated rings. The van der Waals surface area contributed by atoms with Crippen LogP contribution in [0.15, 0.2) is 0 Å². The molecule has 0 aliphatic rings. The van der Waals surface area contributed by atoms with Crippen molar-refractivity contribution in [2.24, 2.45) is 0 Å². The second-order valence-corrected chi connectivity index (χ2v) is 4.39. The Morgan fingerprint density at radius 3 is 2.18 bits per heavy atom. The minimum atomic E-state index is -0.421. The van der Waals surface area contributed by atoms with Gasteiger partial charge in [0.15, 0.2) is 6.10 Å². The predicted molar refractivity (Wildman–Crippen MR) is 70.0 cm³/mol. The van der Waals surface area contributed by atoms with E-state index in [0.717, 1.165) is 6.42 Å². The minimum absolute atomic E-state index is 0.254. The molecule has 17 heavy (non-hydrogen) atoms. The molecule has 1 atom stereocenters. The SMILES string of the molecule is CCCCCCCCCOC(C)C(=O)OCC. The average molecular weight is 244 g/mol. The molecule has 102 valence electrons. The maximum Gasteiger partial charge on any atom is 0.334 e. The summed E-state index contributed by atoms with van der Waals surface area (Å²) in [5.41, 5.74) is 0. The summed E-state index contributed by atoms with van der Waals surface area (Å²) in [5.74, 6) is -0.254. The number of unbranched alkanes of at least 4 members (excludes halogenated alkanes) is 6. The van der Waals surface area contributed by atoms with Crippen LogP contribution in [0, 0.1) is 0 Å². The molecule has 0 bridgehead atoms.